The van der Waals surface area contributed by atoms with E-state index < -0.39 is 0 Å². The van der Waals surface area contributed by atoms with Crippen molar-refractivity contribution in [2.45, 2.75) is 0 Å². The van der Waals surface area contributed by atoms with Crippen LogP contribution in [-0.2, 0) is 0 Å². The van der Waals surface area contributed by atoms with E-state index in [4.69, 9.17) is 8.22 Å². The minimum Gasteiger partial charge on any atom is -0.135 e. The molecule has 67 heavy (non-hydrogen) atoms. The molecule has 1 heterocycles. The summed E-state index contributed by atoms with van der Waals surface area (Å²) in [5.74, 6) is 0. The van der Waals surface area contributed by atoms with Crippen molar-refractivity contribution in [3.63, 3.8) is 0 Å². The van der Waals surface area contributed by atoms with Gasteiger partial charge in [0.15, 0.2) is 0 Å². The fraction of sp³-hybridized carbons (Fsp3) is 0. The average Bonchev–Trinajstić information content (AvgIpc) is 3.88. The molecule has 0 fully saturated rings. The van der Waals surface area contributed by atoms with Crippen LogP contribution < -0.4 is 0 Å². The zero-order valence-electron chi connectivity index (χ0n) is 43.1. The second kappa shape index (κ2) is 16.3. The van der Waals surface area contributed by atoms with E-state index in [1.165, 1.54) is 43.4 Å². The molecule has 0 bridgehead atoms. The van der Waals surface area contributed by atoms with Crippen LogP contribution >= 0.6 is 11.3 Å². The van der Waals surface area contributed by atoms with Crippen LogP contribution in [0.2, 0.25) is 0 Å². The lowest BCUT2D eigenvalue weighted by Gasteiger charge is -2.13. The molecule has 0 unspecified atom stereocenters. The molecule has 13 rings (SSSR count). The van der Waals surface area contributed by atoms with Gasteiger partial charge in [-0.25, -0.2) is 0 Å². The van der Waals surface area contributed by atoms with Gasteiger partial charge in [-0.1, -0.05) is 194 Å². The predicted octanol–water partition coefficient (Wildman–Crippen LogP) is 19.2. The van der Waals surface area contributed by atoms with Gasteiger partial charge in [-0.05, 0) is 171 Å². The Hall–Kier alpha value is -8.36. The molecule has 312 valence electrons. The summed E-state index contributed by atoms with van der Waals surface area (Å²) < 4.78 is 61.7. The van der Waals surface area contributed by atoms with Gasteiger partial charge in [-0.2, -0.15) is 0 Å². The van der Waals surface area contributed by atoms with Crippen LogP contribution in [0.5, 0.6) is 0 Å². The quantitative estimate of drug-likeness (QED) is 0.140. The molecule has 1 heteroatoms. The molecule has 13 aromatic rings. The molecule has 0 N–H and O–H groups in total. The molecule has 0 saturated heterocycles. The van der Waals surface area contributed by atoms with E-state index in [2.05, 4.69) is 176 Å². The van der Waals surface area contributed by atoms with Gasteiger partial charge in [0, 0.05) is 20.2 Å². The highest BCUT2D eigenvalue weighted by Crippen LogP contribution is 2.40. The van der Waals surface area contributed by atoms with Crippen LogP contribution in [0.1, 0.15) is 9.60 Å². The van der Waals surface area contributed by atoms with E-state index in [1.54, 1.807) is 0 Å². The normalized spacial score (nSPS) is 13.0. The van der Waals surface area contributed by atoms with Crippen LogP contribution in [0.3, 0.4) is 0 Å². The second-order valence-corrected chi connectivity index (χ2v) is 18.1. The zero-order chi connectivity index (χ0) is 50.4. The lowest BCUT2D eigenvalue weighted by atomic mass is 9.91. The van der Waals surface area contributed by atoms with Gasteiger partial charge in [0.25, 0.3) is 0 Å². The summed E-state index contributed by atoms with van der Waals surface area (Å²) in [4.78, 5) is 0. The first-order chi connectivity index (χ1) is 36.1. The maximum Gasteiger partial charge on any atom is 0.0638 e. The Morgan fingerprint density at radius 1 is 0.224 bits per heavy atom. The SMILES string of the molecule is [2H]c1c([2H])c([2H])c2c(sc3c([2H])c([2H])c(-c4cccc(-c5cccc(-c6cccc(-c7cccc(-c8cccc(-c9cccc(-c%10ccc%11c%12ccccc%12c%12ccccc%12c%11c%10)c9)c8)c7)c6)c5)c4)c([2H])c32)c1[2H]. The van der Waals surface area contributed by atoms with Crippen LogP contribution in [-0.4, -0.2) is 0 Å². The third kappa shape index (κ3) is 7.09. The first kappa shape index (κ1) is 32.3. The zero-order valence-corrected chi connectivity index (χ0v) is 36.9. The number of thiophene rings is 1. The molecule has 0 spiro atoms. The molecule has 0 atom stereocenters. The average molecular weight is 874 g/mol. The van der Waals surface area contributed by atoms with Crippen LogP contribution in [0, 0.1) is 0 Å². The lowest BCUT2D eigenvalue weighted by Crippen LogP contribution is -1.87. The smallest absolute Gasteiger partial charge is 0.0638 e. The molecule has 0 aliphatic rings. The molecule has 0 saturated carbocycles. The van der Waals surface area contributed by atoms with Gasteiger partial charge < -0.3 is 0 Å². The standard InChI is InChI=1S/C66H42S/c1-2-27-59-57(25-1)58-26-3-4-28-60(58)63-41-55(31-33-61(59)63)53-23-11-21-51(39-53)49-19-9-17-47(37-49)45-15-7-13-43(35-45)44-14-8-16-46(36-44)48-18-10-20-50(38-48)52-22-12-24-54(40-52)56-32-34-66-64(42-56)62-29-5-6-30-65(62)67-66/h1-42H/i5D,6D,29D,30D,32D,34D,42D. The third-order valence-electron chi connectivity index (χ3n) is 13.1. The van der Waals surface area contributed by atoms with Crippen molar-refractivity contribution in [1.82, 2.24) is 0 Å². The molecule has 0 nitrogen and oxygen atoms in total. The van der Waals surface area contributed by atoms with Crippen molar-refractivity contribution in [2.75, 3.05) is 0 Å². The Kier molecular flexibility index (Phi) is 7.84. The number of benzene rings is 12. The molecular weight excluding hydrogens is 825 g/mol. The molecule has 0 aliphatic carbocycles. The van der Waals surface area contributed by atoms with Crippen molar-refractivity contribution < 1.29 is 9.60 Å². The van der Waals surface area contributed by atoms with Gasteiger partial charge in [0.05, 0.1) is 9.60 Å². The Morgan fingerprint density at radius 3 is 0.970 bits per heavy atom. The topological polar surface area (TPSA) is 0 Å². The van der Waals surface area contributed by atoms with Crippen molar-refractivity contribution in [1.29, 1.82) is 0 Å². The third-order valence-corrected chi connectivity index (χ3v) is 14.1. The van der Waals surface area contributed by atoms with Crippen molar-refractivity contribution >= 4 is 63.8 Å². The highest BCUT2D eigenvalue weighted by Gasteiger charge is 2.13. The highest BCUT2D eigenvalue weighted by atomic mass is 32.1. The van der Waals surface area contributed by atoms with Crippen molar-refractivity contribution in [3.8, 4) is 77.9 Å². The van der Waals surface area contributed by atoms with Gasteiger partial charge in [-0.3, -0.25) is 0 Å². The first-order valence-electron chi connectivity index (χ1n) is 26.0. The van der Waals surface area contributed by atoms with E-state index in [9.17, 15) is 1.37 Å². The van der Waals surface area contributed by atoms with Gasteiger partial charge in [-0.15, -0.1) is 11.3 Å². The predicted molar refractivity (Wildman–Crippen MR) is 290 cm³/mol. The van der Waals surface area contributed by atoms with E-state index in [-0.39, 0.29) is 63.3 Å². The Morgan fingerprint density at radius 2 is 0.552 bits per heavy atom. The van der Waals surface area contributed by atoms with Crippen LogP contribution in [0.25, 0.3) is 130 Å². The fourth-order valence-corrected chi connectivity index (χ4v) is 10.7. The number of hydrogen-bond acceptors (Lipinski definition) is 1. The van der Waals surface area contributed by atoms with Gasteiger partial charge in [0.1, 0.15) is 0 Å². The Bertz CT molecular complexity index is 4440. The minimum absolute atomic E-state index is 0.0254. The summed E-state index contributed by atoms with van der Waals surface area (Å²) in [6.45, 7) is 0. The van der Waals surface area contributed by atoms with E-state index >= 15 is 0 Å². The molecule has 1 aromatic heterocycles. The number of fused-ring (bicyclic) bond motifs is 9. The van der Waals surface area contributed by atoms with Crippen LogP contribution in [0.15, 0.2) is 255 Å². The second-order valence-electron chi connectivity index (χ2n) is 17.1. The highest BCUT2D eigenvalue weighted by molar-refractivity contribution is 7.25. The molecular formula is C66H42S. The number of hydrogen-bond donors (Lipinski definition) is 0. The summed E-state index contributed by atoms with van der Waals surface area (Å²) in [7, 11) is 0. The Balaban J connectivity index is 0.795. The van der Waals surface area contributed by atoms with E-state index in [1.807, 2.05) is 36.4 Å². The van der Waals surface area contributed by atoms with Crippen molar-refractivity contribution in [3.05, 3.63) is 255 Å². The molecule has 0 aliphatic heterocycles. The molecule has 0 amide bonds. The number of rotatable bonds is 7. The lowest BCUT2D eigenvalue weighted by molar-refractivity contribution is 1.56. The summed E-state index contributed by atoms with van der Waals surface area (Å²) in [5, 5.41) is 8.11. The maximum atomic E-state index is 9.36. The molecule has 0 radical (unpaired) electrons. The largest absolute Gasteiger partial charge is 0.135 e. The summed E-state index contributed by atoms with van der Waals surface area (Å²) >= 11 is 1.04. The maximum absolute atomic E-state index is 9.36. The van der Waals surface area contributed by atoms with Gasteiger partial charge in [0.2, 0.25) is 0 Å². The summed E-state index contributed by atoms with van der Waals surface area (Å²) in [6.07, 6.45) is 0. The fourth-order valence-electron chi connectivity index (χ4n) is 9.78. The van der Waals surface area contributed by atoms with Gasteiger partial charge >= 0.3 is 0 Å². The monoisotopic (exact) mass is 873 g/mol. The van der Waals surface area contributed by atoms with E-state index in [0.717, 1.165) is 67.0 Å². The molecule has 12 aromatic carbocycles. The first-order valence-corrected chi connectivity index (χ1v) is 23.3. The Labute approximate surface area is 404 Å². The minimum atomic E-state index is -0.383. The van der Waals surface area contributed by atoms with Crippen LogP contribution in [0.4, 0.5) is 0 Å². The van der Waals surface area contributed by atoms with Crippen molar-refractivity contribution in [2.24, 2.45) is 0 Å². The summed E-state index contributed by atoms with van der Waals surface area (Å²) in [5.41, 5.74) is 13.9. The van der Waals surface area contributed by atoms with E-state index in [0.29, 0.717) is 10.3 Å². The summed E-state index contributed by atoms with van der Waals surface area (Å²) in [6, 6.07) is 73.7.